The number of fused-ring (bicyclic) bond motifs is 1. The Morgan fingerprint density at radius 3 is 2.80 bits per heavy atom. The molecule has 0 bridgehead atoms. The predicted molar refractivity (Wildman–Crippen MR) is 101 cm³/mol. The Morgan fingerprint density at radius 1 is 1.24 bits per heavy atom. The molecule has 0 spiro atoms. The minimum absolute atomic E-state index is 0.108. The van der Waals surface area contributed by atoms with Gasteiger partial charge in [0, 0.05) is 18.7 Å². The van der Waals surface area contributed by atoms with Crippen LogP contribution in [0.1, 0.15) is 18.8 Å². The van der Waals surface area contributed by atoms with Crippen LogP contribution >= 0.6 is 11.6 Å². The number of para-hydroxylation sites is 1. The summed E-state index contributed by atoms with van der Waals surface area (Å²) in [6.07, 6.45) is 0. The van der Waals surface area contributed by atoms with Crippen molar-refractivity contribution < 1.29 is 4.74 Å². The molecule has 3 rings (SSSR count). The van der Waals surface area contributed by atoms with Crippen molar-refractivity contribution in [1.82, 2.24) is 14.9 Å². The second-order valence-electron chi connectivity index (χ2n) is 5.78. The van der Waals surface area contributed by atoms with Crippen LogP contribution in [0.2, 0.25) is 5.02 Å². The van der Waals surface area contributed by atoms with Crippen LogP contribution in [-0.2, 0) is 4.74 Å². The van der Waals surface area contributed by atoms with Crippen molar-refractivity contribution in [2.45, 2.75) is 13.0 Å². The SMILES string of the molecule is COCCN[C@H](C)c1nc2ccccc2c(=O)n1-c1cccc(Cl)c1. The lowest BCUT2D eigenvalue weighted by Crippen LogP contribution is -2.31. The molecule has 0 unspecified atom stereocenters. The van der Waals surface area contributed by atoms with Gasteiger partial charge in [0.2, 0.25) is 0 Å². The van der Waals surface area contributed by atoms with Crippen molar-refractivity contribution in [2.24, 2.45) is 0 Å². The predicted octanol–water partition coefficient (Wildman–Crippen LogP) is 3.34. The van der Waals surface area contributed by atoms with Crippen molar-refractivity contribution in [3.8, 4) is 5.69 Å². The van der Waals surface area contributed by atoms with E-state index in [0.717, 1.165) is 0 Å². The van der Waals surface area contributed by atoms with Gasteiger partial charge in [0.25, 0.3) is 5.56 Å². The van der Waals surface area contributed by atoms with E-state index in [1.165, 1.54) is 0 Å². The van der Waals surface area contributed by atoms with Gasteiger partial charge in [0.05, 0.1) is 29.2 Å². The van der Waals surface area contributed by atoms with Gasteiger partial charge >= 0.3 is 0 Å². The molecule has 3 aromatic rings. The number of rotatable bonds is 6. The van der Waals surface area contributed by atoms with Crippen molar-refractivity contribution >= 4 is 22.5 Å². The zero-order chi connectivity index (χ0) is 17.8. The number of aromatic nitrogens is 2. The summed E-state index contributed by atoms with van der Waals surface area (Å²) < 4.78 is 6.71. The molecule has 5 nitrogen and oxygen atoms in total. The van der Waals surface area contributed by atoms with Gasteiger partial charge in [-0.3, -0.25) is 9.36 Å². The molecule has 0 radical (unpaired) electrons. The molecule has 1 atom stereocenters. The smallest absolute Gasteiger partial charge is 0.266 e. The summed E-state index contributed by atoms with van der Waals surface area (Å²) in [5, 5.41) is 4.49. The first-order valence-electron chi connectivity index (χ1n) is 8.12. The molecular weight excluding hydrogens is 338 g/mol. The first kappa shape index (κ1) is 17.6. The second kappa shape index (κ2) is 7.78. The Morgan fingerprint density at radius 2 is 2.04 bits per heavy atom. The van der Waals surface area contributed by atoms with E-state index in [1.54, 1.807) is 29.9 Å². The molecule has 0 amide bonds. The van der Waals surface area contributed by atoms with E-state index in [2.05, 4.69) is 5.32 Å². The number of benzene rings is 2. The summed E-state index contributed by atoms with van der Waals surface area (Å²) in [5.41, 5.74) is 1.27. The maximum Gasteiger partial charge on any atom is 0.266 e. The average molecular weight is 358 g/mol. The standard InChI is InChI=1S/C19H20ClN3O2/c1-13(21-10-11-25-2)18-22-17-9-4-3-8-16(17)19(24)23(18)15-7-5-6-14(20)12-15/h3-9,12-13,21H,10-11H2,1-2H3/t13-/m1/s1. The van der Waals surface area contributed by atoms with E-state index < -0.39 is 0 Å². The normalized spacial score (nSPS) is 12.4. The van der Waals surface area contributed by atoms with Gasteiger partial charge in [-0.1, -0.05) is 29.8 Å². The van der Waals surface area contributed by atoms with Crippen LogP contribution in [0.3, 0.4) is 0 Å². The fraction of sp³-hybridized carbons (Fsp3) is 0.263. The van der Waals surface area contributed by atoms with Crippen LogP contribution < -0.4 is 10.9 Å². The van der Waals surface area contributed by atoms with Crippen LogP contribution in [0.25, 0.3) is 16.6 Å². The maximum absolute atomic E-state index is 13.1. The molecule has 1 N–H and O–H groups in total. The Bertz CT molecular complexity index is 939. The zero-order valence-corrected chi connectivity index (χ0v) is 15.0. The number of nitrogens with zero attached hydrogens (tertiary/aromatic N) is 2. The Labute approximate surface area is 151 Å². The van der Waals surface area contributed by atoms with Gasteiger partial charge < -0.3 is 10.1 Å². The zero-order valence-electron chi connectivity index (χ0n) is 14.2. The van der Waals surface area contributed by atoms with Gasteiger partial charge in [-0.15, -0.1) is 0 Å². The van der Waals surface area contributed by atoms with Gasteiger partial charge in [0.1, 0.15) is 5.82 Å². The minimum Gasteiger partial charge on any atom is -0.383 e. The summed E-state index contributed by atoms with van der Waals surface area (Å²) >= 11 is 6.13. The molecule has 25 heavy (non-hydrogen) atoms. The first-order chi connectivity index (χ1) is 12.1. The van der Waals surface area contributed by atoms with Crippen LogP contribution in [0.4, 0.5) is 0 Å². The lowest BCUT2D eigenvalue weighted by Gasteiger charge is -2.19. The fourth-order valence-corrected chi connectivity index (χ4v) is 2.96. The molecule has 0 aliphatic carbocycles. The molecule has 2 aromatic carbocycles. The number of halogens is 1. The number of hydrogen-bond acceptors (Lipinski definition) is 4. The summed E-state index contributed by atoms with van der Waals surface area (Å²) in [5.74, 6) is 0.641. The Balaban J connectivity index is 2.19. The molecule has 130 valence electrons. The third-order valence-electron chi connectivity index (χ3n) is 4.01. The molecule has 1 heterocycles. The highest BCUT2D eigenvalue weighted by molar-refractivity contribution is 6.30. The minimum atomic E-state index is -0.133. The summed E-state index contributed by atoms with van der Waals surface area (Å²) in [7, 11) is 1.66. The third-order valence-corrected chi connectivity index (χ3v) is 4.25. The van der Waals surface area contributed by atoms with Crippen LogP contribution in [0.5, 0.6) is 0 Å². The molecular formula is C19H20ClN3O2. The molecule has 0 saturated heterocycles. The van der Waals surface area contributed by atoms with Crippen molar-refractivity contribution in [1.29, 1.82) is 0 Å². The second-order valence-corrected chi connectivity index (χ2v) is 6.21. The lowest BCUT2D eigenvalue weighted by atomic mass is 10.2. The van der Waals surface area contributed by atoms with Crippen LogP contribution in [-0.4, -0.2) is 29.8 Å². The Kier molecular flexibility index (Phi) is 5.48. The fourth-order valence-electron chi connectivity index (χ4n) is 2.77. The average Bonchev–Trinajstić information content (AvgIpc) is 2.61. The summed E-state index contributed by atoms with van der Waals surface area (Å²) in [6, 6.07) is 14.5. The summed E-state index contributed by atoms with van der Waals surface area (Å²) in [6.45, 7) is 3.22. The largest absolute Gasteiger partial charge is 0.383 e. The quantitative estimate of drug-likeness (QED) is 0.687. The number of nitrogens with one attached hydrogen (secondary N) is 1. The topological polar surface area (TPSA) is 56.1 Å². The van der Waals surface area contributed by atoms with Crippen LogP contribution in [0.15, 0.2) is 53.3 Å². The molecule has 6 heteroatoms. The maximum atomic E-state index is 13.1. The molecule has 0 saturated carbocycles. The first-order valence-corrected chi connectivity index (χ1v) is 8.49. The highest BCUT2D eigenvalue weighted by Gasteiger charge is 2.17. The molecule has 0 fully saturated rings. The highest BCUT2D eigenvalue weighted by Crippen LogP contribution is 2.20. The van der Waals surface area contributed by atoms with Gasteiger partial charge in [-0.05, 0) is 37.3 Å². The molecule has 0 aliphatic rings. The lowest BCUT2D eigenvalue weighted by molar-refractivity contribution is 0.196. The highest BCUT2D eigenvalue weighted by atomic mass is 35.5. The van der Waals surface area contributed by atoms with E-state index in [4.69, 9.17) is 21.3 Å². The van der Waals surface area contributed by atoms with Gasteiger partial charge in [-0.25, -0.2) is 4.98 Å². The molecule has 1 aromatic heterocycles. The Hall–Kier alpha value is -2.21. The number of methoxy groups -OCH3 is 1. The van der Waals surface area contributed by atoms with E-state index in [-0.39, 0.29) is 11.6 Å². The monoisotopic (exact) mass is 357 g/mol. The number of ether oxygens (including phenoxy) is 1. The third kappa shape index (κ3) is 3.74. The van der Waals surface area contributed by atoms with Crippen molar-refractivity contribution in [3.05, 3.63) is 69.7 Å². The van der Waals surface area contributed by atoms with E-state index in [0.29, 0.717) is 40.6 Å². The van der Waals surface area contributed by atoms with Gasteiger partial charge in [-0.2, -0.15) is 0 Å². The van der Waals surface area contributed by atoms with E-state index in [1.807, 2.05) is 37.3 Å². The van der Waals surface area contributed by atoms with Crippen LogP contribution in [0, 0.1) is 0 Å². The summed E-state index contributed by atoms with van der Waals surface area (Å²) in [4.78, 5) is 17.9. The van der Waals surface area contributed by atoms with Gasteiger partial charge in [0.15, 0.2) is 0 Å². The number of hydrogen-bond donors (Lipinski definition) is 1. The van der Waals surface area contributed by atoms with E-state index >= 15 is 0 Å². The van der Waals surface area contributed by atoms with Crippen molar-refractivity contribution in [2.75, 3.05) is 20.3 Å². The molecule has 0 aliphatic heterocycles. The van der Waals surface area contributed by atoms with E-state index in [9.17, 15) is 4.79 Å². The van der Waals surface area contributed by atoms with Crippen molar-refractivity contribution in [3.63, 3.8) is 0 Å².